The first-order valence-electron chi connectivity index (χ1n) is 2.30. The number of rotatable bonds is 3. The molecule has 0 aliphatic heterocycles. The zero-order valence-electron chi connectivity index (χ0n) is 4.54. The van der Waals surface area contributed by atoms with E-state index in [0.29, 0.717) is 6.61 Å². The molecular weight excluding hydrogens is 131 g/mol. The van der Waals surface area contributed by atoms with Crippen LogP contribution in [0.4, 0.5) is 0 Å². The van der Waals surface area contributed by atoms with Gasteiger partial charge in [-0.2, -0.15) is 0 Å². The van der Waals surface area contributed by atoms with Crippen molar-refractivity contribution in [2.75, 3.05) is 6.61 Å². The summed E-state index contributed by atoms with van der Waals surface area (Å²) in [5, 5.41) is 16.9. The van der Waals surface area contributed by atoms with E-state index in [1.165, 1.54) is 0 Å². The lowest BCUT2D eigenvalue weighted by atomic mass is 10.7. The molecule has 0 aromatic rings. The van der Waals surface area contributed by atoms with Gasteiger partial charge in [-0.15, -0.1) is 0 Å². The van der Waals surface area contributed by atoms with Gasteiger partial charge in [0.05, 0.1) is 0 Å². The van der Waals surface area contributed by atoms with Crippen LogP contribution in [0.3, 0.4) is 0 Å². The fourth-order valence-corrected chi connectivity index (χ4v) is 0.323. The van der Waals surface area contributed by atoms with Crippen molar-refractivity contribution in [2.45, 2.75) is 18.8 Å². The van der Waals surface area contributed by atoms with Crippen LogP contribution in [0.1, 0.15) is 6.92 Å². The zero-order chi connectivity index (χ0) is 6.57. The SMILES string of the molecule is CCOC(O)C(O)Cl. The highest BCUT2D eigenvalue weighted by atomic mass is 35.5. The minimum Gasteiger partial charge on any atom is -0.373 e. The van der Waals surface area contributed by atoms with Gasteiger partial charge in [0.1, 0.15) is 0 Å². The molecule has 0 fully saturated rings. The largest absolute Gasteiger partial charge is 0.373 e. The maximum atomic E-state index is 8.52. The minimum atomic E-state index is -1.32. The molecule has 0 saturated heterocycles. The number of ether oxygens (including phenoxy) is 1. The van der Waals surface area contributed by atoms with Crippen LogP contribution in [0.5, 0.6) is 0 Å². The standard InChI is InChI=1S/C4H9ClO3/c1-2-8-4(7)3(5)6/h3-4,6-7H,2H2,1H3. The second-order valence-corrected chi connectivity index (χ2v) is 1.67. The van der Waals surface area contributed by atoms with E-state index in [-0.39, 0.29) is 0 Å². The first kappa shape index (κ1) is 8.17. The Morgan fingerprint density at radius 2 is 2.12 bits per heavy atom. The molecule has 2 atom stereocenters. The summed E-state index contributed by atoms with van der Waals surface area (Å²) in [6, 6.07) is 0. The predicted octanol–water partition coefficient (Wildman–Crippen LogP) is -0.102. The minimum absolute atomic E-state index is 0.338. The van der Waals surface area contributed by atoms with Crippen LogP contribution in [0, 0.1) is 0 Å². The summed E-state index contributed by atoms with van der Waals surface area (Å²) in [5.74, 6) is 0. The predicted molar refractivity (Wildman–Crippen MR) is 29.5 cm³/mol. The fourth-order valence-electron chi connectivity index (χ4n) is 0.250. The average molecular weight is 141 g/mol. The van der Waals surface area contributed by atoms with Gasteiger partial charge in [0.2, 0.25) is 0 Å². The summed E-state index contributed by atoms with van der Waals surface area (Å²) in [7, 11) is 0. The molecule has 0 aromatic carbocycles. The maximum absolute atomic E-state index is 8.52. The normalized spacial score (nSPS) is 18.0. The van der Waals surface area contributed by atoms with E-state index < -0.39 is 11.9 Å². The van der Waals surface area contributed by atoms with Gasteiger partial charge >= 0.3 is 0 Å². The lowest BCUT2D eigenvalue weighted by Crippen LogP contribution is -2.23. The molecule has 0 heterocycles. The van der Waals surface area contributed by atoms with Crippen molar-refractivity contribution in [3.8, 4) is 0 Å². The van der Waals surface area contributed by atoms with Crippen LogP contribution in [0.15, 0.2) is 0 Å². The number of hydrogen-bond acceptors (Lipinski definition) is 3. The van der Waals surface area contributed by atoms with Crippen LogP contribution in [0.25, 0.3) is 0 Å². The average Bonchev–Trinajstić information content (AvgIpc) is 1.67. The Morgan fingerprint density at radius 1 is 1.62 bits per heavy atom. The van der Waals surface area contributed by atoms with Gasteiger partial charge in [0.25, 0.3) is 0 Å². The Bertz CT molecular complexity index is 57.2. The van der Waals surface area contributed by atoms with Crippen LogP contribution in [-0.4, -0.2) is 28.7 Å². The summed E-state index contributed by atoms with van der Waals surface area (Å²) >= 11 is 4.99. The number of halogens is 1. The molecule has 0 bridgehead atoms. The maximum Gasteiger partial charge on any atom is 0.195 e. The molecule has 0 spiro atoms. The monoisotopic (exact) mass is 140 g/mol. The third kappa shape index (κ3) is 3.21. The Kier molecular flexibility index (Phi) is 4.18. The molecule has 3 nitrogen and oxygen atoms in total. The van der Waals surface area contributed by atoms with Crippen LogP contribution in [-0.2, 0) is 4.74 Å². The van der Waals surface area contributed by atoms with Crippen molar-refractivity contribution in [3.63, 3.8) is 0 Å². The van der Waals surface area contributed by atoms with Crippen LogP contribution in [0.2, 0.25) is 0 Å². The molecule has 2 N–H and O–H groups in total. The van der Waals surface area contributed by atoms with Gasteiger partial charge in [-0.05, 0) is 6.92 Å². The third-order valence-corrected chi connectivity index (χ3v) is 0.788. The number of aliphatic hydroxyl groups excluding tert-OH is 2. The zero-order valence-corrected chi connectivity index (χ0v) is 5.30. The quantitative estimate of drug-likeness (QED) is 0.425. The molecule has 0 aliphatic rings. The van der Waals surface area contributed by atoms with Gasteiger partial charge in [0.15, 0.2) is 11.9 Å². The van der Waals surface area contributed by atoms with Crippen molar-refractivity contribution in [2.24, 2.45) is 0 Å². The highest BCUT2D eigenvalue weighted by molar-refractivity contribution is 6.19. The molecule has 50 valence electrons. The molecule has 0 aliphatic carbocycles. The molecule has 0 radical (unpaired) electrons. The third-order valence-electron chi connectivity index (χ3n) is 0.573. The summed E-state index contributed by atoms with van der Waals surface area (Å²) < 4.78 is 4.48. The highest BCUT2D eigenvalue weighted by Crippen LogP contribution is 1.98. The van der Waals surface area contributed by atoms with E-state index in [1.807, 2.05) is 0 Å². The Hall–Kier alpha value is 0.170. The van der Waals surface area contributed by atoms with Crippen molar-refractivity contribution < 1.29 is 14.9 Å². The smallest absolute Gasteiger partial charge is 0.195 e. The Balaban J connectivity index is 3.17. The summed E-state index contributed by atoms with van der Waals surface area (Å²) in [5.41, 5.74) is -1.32. The second-order valence-electron chi connectivity index (χ2n) is 1.22. The van der Waals surface area contributed by atoms with Crippen molar-refractivity contribution >= 4 is 11.6 Å². The topological polar surface area (TPSA) is 49.7 Å². The molecule has 0 saturated carbocycles. The van der Waals surface area contributed by atoms with E-state index in [2.05, 4.69) is 4.74 Å². The number of hydrogen-bond donors (Lipinski definition) is 2. The van der Waals surface area contributed by atoms with Crippen LogP contribution >= 0.6 is 11.6 Å². The molecule has 0 rings (SSSR count). The van der Waals surface area contributed by atoms with E-state index in [0.717, 1.165) is 0 Å². The van der Waals surface area contributed by atoms with Gasteiger partial charge in [-0.25, -0.2) is 0 Å². The molecule has 4 heteroatoms. The number of alkyl halides is 1. The summed E-state index contributed by atoms with van der Waals surface area (Å²) in [4.78, 5) is 0. The van der Waals surface area contributed by atoms with Crippen molar-refractivity contribution in [3.05, 3.63) is 0 Å². The second kappa shape index (κ2) is 4.09. The van der Waals surface area contributed by atoms with Crippen molar-refractivity contribution in [1.29, 1.82) is 0 Å². The van der Waals surface area contributed by atoms with Crippen molar-refractivity contribution in [1.82, 2.24) is 0 Å². The molecule has 0 amide bonds. The van der Waals surface area contributed by atoms with E-state index in [9.17, 15) is 0 Å². The Labute approximate surface area is 52.8 Å². The van der Waals surface area contributed by atoms with Gasteiger partial charge in [-0.1, -0.05) is 11.6 Å². The first-order chi connectivity index (χ1) is 3.68. The van der Waals surface area contributed by atoms with Gasteiger partial charge in [-0.3, -0.25) is 0 Å². The molecule has 2 unspecified atom stereocenters. The highest BCUT2D eigenvalue weighted by Gasteiger charge is 2.10. The summed E-state index contributed by atoms with van der Waals surface area (Å²) in [6.45, 7) is 2.04. The molecular formula is C4H9ClO3. The molecule has 8 heavy (non-hydrogen) atoms. The Morgan fingerprint density at radius 3 is 2.25 bits per heavy atom. The molecule has 0 aromatic heterocycles. The number of aliphatic hydroxyl groups is 2. The van der Waals surface area contributed by atoms with E-state index >= 15 is 0 Å². The lowest BCUT2D eigenvalue weighted by Gasteiger charge is -2.09. The fraction of sp³-hybridized carbons (Fsp3) is 1.00. The van der Waals surface area contributed by atoms with E-state index in [1.54, 1.807) is 6.92 Å². The van der Waals surface area contributed by atoms with Crippen LogP contribution < -0.4 is 0 Å². The summed E-state index contributed by atoms with van der Waals surface area (Å²) in [6.07, 6.45) is -1.26. The van der Waals surface area contributed by atoms with Gasteiger partial charge in [0, 0.05) is 6.61 Å². The van der Waals surface area contributed by atoms with Gasteiger partial charge < -0.3 is 14.9 Å². The van der Waals surface area contributed by atoms with E-state index in [4.69, 9.17) is 21.8 Å². The lowest BCUT2D eigenvalue weighted by molar-refractivity contribution is -0.134. The first-order valence-corrected chi connectivity index (χ1v) is 2.74.